The van der Waals surface area contributed by atoms with Gasteiger partial charge in [0, 0.05) is 68.0 Å². The Morgan fingerprint density at radius 1 is 0.290 bits per heavy atom. The summed E-state index contributed by atoms with van der Waals surface area (Å²) < 4.78 is 37.8. The van der Waals surface area contributed by atoms with Gasteiger partial charge < -0.3 is 37.6 Å². The number of hydrogen-bond acceptors (Lipinski definition) is 8. The van der Waals surface area contributed by atoms with Crippen molar-refractivity contribution >= 4 is 99.5 Å². The van der Waals surface area contributed by atoms with Gasteiger partial charge in [0.2, 0.25) is 0 Å². The summed E-state index contributed by atoms with van der Waals surface area (Å²) in [7, 11) is 0. The van der Waals surface area contributed by atoms with E-state index in [0.29, 0.717) is 26.4 Å². The highest BCUT2D eigenvalue weighted by Crippen LogP contribution is 2.50. The van der Waals surface area contributed by atoms with E-state index in [1.165, 1.54) is 0 Å². The second-order valence-electron chi connectivity index (χ2n) is 15.7. The smallest absolute Gasteiger partial charge is 0.163 e. The van der Waals surface area contributed by atoms with Crippen molar-refractivity contribution < 1.29 is 27.8 Å². The SMILES string of the molecule is c1ccc(N(c2ccc3c(c2)OCCO3)c2cc3oc4cc5c(cc4c3c3ccccc23)oc2cc(N(c3ccccc3)c3ccc4c(c3)OCCO4)c3ccccc3c25)cc1. The topological polar surface area (TPSA) is 69.7 Å². The molecule has 2 aliphatic heterocycles. The monoisotopic (exact) mass is 808 g/mol. The lowest BCUT2D eigenvalue weighted by molar-refractivity contribution is 0.171. The summed E-state index contributed by atoms with van der Waals surface area (Å²) in [5.41, 5.74) is 9.07. The fraction of sp³-hybridized carbons (Fsp3) is 0.0741. The van der Waals surface area contributed by atoms with E-state index >= 15 is 0 Å². The molecule has 0 fully saturated rings. The van der Waals surface area contributed by atoms with Crippen molar-refractivity contribution in [2.75, 3.05) is 36.2 Å². The van der Waals surface area contributed by atoms with Gasteiger partial charge in [0.1, 0.15) is 48.8 Å². The minimum absolute atomic E-state index is 0.512. The first-order chi connectivity index (χ1) is 30.7. The molecule has 62 heavy (non-hydrogen) atoms. The van der Waals surface area contributed by atoms with Crippen LogP contribution in [0.4, 0.5) is 34.1 Å². The number of anilines is 6. The summed E-state index contributed by atoms with van der Waals surface area (Å²) in [6.07, 6.45) is 0. The minimum Gasteiger partial charge on any atom is -0.486 e. The van der Waals surface area contributed by atoms with Gasteiger partial charge in [0.05, 0.1) is 22.7 Å². The van der Waals surface area contributed by atoms with Crippen LogP contribution in [0, 0.1) is 0 Å². The number of ether oxygens (including phenoxy) is 4. The molecule has 0 bridgehead atoms. The fourth-order valence-electron chi connectivity index (χ4n) is 9.46. The zero-order valence-corrected chi connectivity index (χ0v) is 33.3. The Kier molecular flexibility index (Phi) is 7.69. The first-order valence-corrected chi connectivity index (χ1v) is 20.9. The van der Waals surface area contributed by atoms with E-state index in [2.05, 4.69) is 155 Å². The number of furan rings is 2. The molecule has 8 nitrogen and oxygen atoms in total. The Balaban J connectivity index is 1.02. The van der Waals surface area contributed by atoms with Crippen molar-refractivity contribution in [1.82, 2.24) is 0 Å². The molecule has 8 heteroatoms. The molecule has 0 spiro atoms. The van der Waals surface area contributed by atoms with Gasteiger partial charge in [-0.1, -0.05) is 84.9 Å². The highest BCUT2D eigenvalue weighted by atomic mass is 16.6. The zero-order chi connectivity index (χ0) is 40.7. The maximum Gasteiger partial charge on any atom is 0.163 e. The van der Waals surface area contributed by atoms with E-state index in [1.807, 2.05) is 24.3 Å². The lowest BCUT2D eigenvalue weighted by Crippen LogP contribution is -2.16. The van der Waals surface area contributed by atoms with Crippen molar-refractivity contribution in [3.05, 3.63) is 170 Å². The van der Waals surface area contributed by atoms with Gasteiger partial charge in [0.15, 0.2) is 23.0 Å². The van der Waals surface area contributed by atoms with Crippen molar-refractivity contribution in [3.8, 4) is 23.0 Å². The standard InChI is InChI=1S/C54H36N2O6/c1-3-11-33(12-4-1)55(35-19-21-45-49(27-35)59-25-23-57-45)43-31-51-53(39-17-9-7-15-37(39)43)41-29-48-42(30-47(41)61-51)54-40-18-10-8-16-38(40)44(32-52(54)62-48)56(34-13-5-2-6-14-34)36-20-22-46-50(28-36)60-26-24-58-46/h1-22,27-32H,23-26H2. The molecule has 4 heterocycles. The van der Waals surface area contributed by atoms with Crippen LogP contribution >= 0.6 is 0 Å². The van der Waals surface area contributed by atoms with E-state index in [4.69, 9.17) is 27.8 Å². The predicted octanol–water partition coefficient (Wildman–Crippen LogP) is 14.3. The quantitative estimate of drug-likeness (QED) is 0.164. The Hall–Kier alpha value is -8.10. The molecular formula is C54H36N2O6. The third-order valence-corrected chi connectivity index (χ3v) is 12.1. The van der Waals surface area contributed by atoms with Crippen LogP contribution in [0.5, 0.6) is 23.0 Å². The Labute approximate surface area is 355 Å². The van der Waals surface area contributed by atoms with Gasteiger partial charge in [0.25, 0.3) is 0 Å². The number of fused-ring (bicyclic) bond motifs is 12. The molecule has 298 valence electrons. The Morgan fingerprint density at radius 2 is 0.677 bits per heavy atom. The molecule has 0 radical (unpaired) electrons. The average molecular weight is 809 g/mol. The molecule has 9 aromatic carbocycles. The van der Waals surface area contributed by atoms with Crippen LogP contribution in [0.2, 0.25) is 0 Å². The van der Waals surface area contributed by atoms with Gasteiger partial charge in [-0.25, -0.2) is 0 Å². The number of rotatable bonds is 6. The molecule has 2 aromatic heterocycles. The van der Waals surface area contributed by atoms with Crippen molar-refractivity contribution in [2.24, 2.45) is 0 Å². The predicted molar refractivity (Wildman–Crippen MR) is 247 cm³/mol. The normalized spacial score (nSPS) is 13.4. The summed E-state index contributed by atoms with van der Waals surface area (Å²) in [6, 6.07) is 58.8. The number of hydrogen-bond donors (Lipinski definition) is 0. The molecule has 11 aromatic rings. The molecule has 13 rings (SSSR count). The molecule has 0 N–H and O–H groups in total. The summed E-state index contributed by atoms with van der Waals surface area (Å²) in [4.78, 5) is 4.53. The second kappa shape index (κ2) is 13.7. The van der Waals surface area contributed by atoms with E-state index in [0.717, 1.165) is 123 Å². The summed E-state index contributed by atoms with van der Waals surface area (Å²) in [6.45, 7) is 2.10. The lowest BCUT2D eigenvalue weighted by atomic mass is 9.98. The fourth-order valence-corrected chi connectivity index (χ4v) is 9.46. The largest absolute Gasteiger partial charge is 0.486 e. The van der Waals surface area contributed by atoms with E-state index in [9.17, 15) is 0 Å². The van der Waals surface area contributed by atoms with Crippen LogP contribution in [-0.4, -0.2) is 26.4 Å². The molecule has 0 aliphatic carbocycles. The maximum absolute atomic E-state index is 6.93. The third-order valence-electron chi connectivity index (χ3n) is 12.1. The Bertz CT molecular complexity index is 3320. The maximum atomic E-state index is 6.93. The third kappa shape index (κ3) is 5.39. The molecule has 0 amide bonds. The molecule has 0 saturated carbocycles. The van der Waals surface area contributed by atoms with E-state index in [1.54, 1.807) is 0 Å². The van der Waals surface area contributed by atoms with Crippen LogP contribution in [-0.2, 0) is 0 Å². The van der Waals surface area contributed by atoms with Crippen LogP contribution in [0.25, 0.3) is 65.4 Å². The first-order valence-electron chi connectivity index (χ1n) is 20.9. The minimum atomic E-state index is 0.512. The van der Waals surface area contributed by atoms with Gasteiger partial charge in [-0.2, -0.15) is 0 Å². The van der Waals surface area contributed by atoms with Gasteiger partial charge >= 0.3 is 0 Å². The molecular weight excluding hydrogens is 773 g/mol. The number of nitrogens with zero attached hydrogens (tertiary/aromatic N) is 2. The summed E-state index contributed by atoms with van der Waals surface area (Å²) >= 11 is 0. The zero-order valence-electron chi connectivity index (χ0n) is 33.3. The van der Waals surface area contributed by atoms with Crippen molar-refractivity contribution in [3.63, 3.8) is 0 Å². The highest BCUT2D eigenvalue weighted by molar-refractivity contribution is 6.28. The van der Waals surface area contributed by atoms with Gasteiger partial charge in [-0.05, 0) is 71.4 Å². The van der Waals surface area contributed by atoms with Gasteiger partial charge in [-0.15, -0.1) is 0 Å². The molecule has 0 saturated heterocycles. The first kappa shape index (κ1) is 34.7. The summed E-state index contributed by atoms with van der Waals surface area (Å²) in [5.74, 6) is 2.96. The lowest BCUT2D eigenvalue weighted by Gasteiger charge is -2.28. The van der Waals surface area contributed by atoms with Crippen molar-refractivity contribution in [1.29, 1.82) is 0 Å². The second-order valence-corrected chi connectivity index (χ2v) is 15.7. The van der Waals surface area contributed by atoms with E-state index in [-0.39, 0.29) is 0 Å². The Morgan fingerprint density at radius 3 is 1.11 bits per heavy atom. The van der Waals surface area contributed by atoms with Crippen LogP contribution in [0.15, 0.2) is 179 Å². The van der Waals surface area contributed by atoms with Crippen molar-refractivity contribution in [2.45, 2.75) is 0 Å². The number of para-hydroxylation sites is 2. The van der Waals surface area contributed by atoms with Crippen LogP contribution < -0.4 is 28.7 Å². The molecule has 0 unspecified atom stereocenters. The summed E-state index contributed by atoms with van der Waals surface area (Å²) in [5, 5.41) is 8.39. The van der Waals surface area contributed by atoms with Crippen LogP contribution in [0.3, 0.4) is 0 Å². The van der Waals surface area contributed by atoms with Crippen LogP contribution in [0.1, 0.15) is 0 Å². The molecule has 2 aliphatic rings. The van der Waals surface area contributed by atoms with Gasteiger partial charge in [-0.3, -0.25) is 0 Å². The highest BCUT2D eigenvalue weighted by Gasteiger charge is 2.26. The molecule has 0 atom stereocenters. The number of benzene rings is 9. The average Bonchev–Trinajstić information content (AvgIpc) is 3.88. The van der Waals surface area contributed by atoms with E-state index < -0.39 is 0 Å².